The highest BCUT2D eigenvalue weighted by molar-refractivity contribution is 5.86. The van der Waals surface area contributed by atoms with Crippen molar-refractivity contribution in [2.45, 2.75) is 0 Å². The Morgan fingerprint density at radius 2 is 1.75 bits per heavy atom. The molecule has 2 aromatic rings. The van der Waals surface area contributed by atoms with E-state index in [1.54, 1.807) is 24.3 Å². The third-order valence-electron chi connectivity index (χ3n) is 2.24. The molecule has 0 saturated heterocycles. The van der Waals surface area contributed by atoms with Crippen LogP contribution in [0.4, 0.5) is 0 Å². The van der Waals surface area contributed by atoms with Crippen LogP contribution in [0.15, 0.2) is 24.3 Å². The van der Waals surface area contributed by atoms with Crippen molar-refractivity contribution >= 4 is 10.8 Å². The first-order chi connectivity index (χ1) is 7.78. The van der Waals surface area contributed by atoms with E-state index in [4.69, 9.17) is 15.8 Å². The van der Waals surface area contributed by atoms with Crippen molar-refractivity contribution in [3.05, 3.63) is 47.0 Å². The lowest BCUT2D eigenvalue weighted by atomic mass is 10.0. The second-order valence-electron chi connectivity index (χ2n) is 3.20. The first kappa shape index (κ1) is 9.71. The van der Waals surface area contributed by atoms with Crippen LogP contribution in [0.2, 0.25) is 0 Å². The molecule has 3 heteroatoms. The maximum atomic E-state index is 8.85. The summed E-state index contributed by atoms with van der Waals surface area (Å²) in [5, 5.41) is 27.9. The zero-order valence-electron chi connectivity index (χ0n) is 8.15. The van der Waals surface area contributed by atoms with Crippen LogP contribution in [0, 0.1) is 40.1 Å². The van der Waals surface area contributed by atoms with Crippen LogP contribution in [-0.2, 0) is 0 Å². The van der Waals surface area contributed by atoms with Crippen molar-refractivity contribution in [3.8, 4) is 18.2 Å². The summed E-state index contributed by atoms with van der Waals surface area (Å²) in [6, 6.07) is 15.4. The summed E-state index contributed by atoms with van der Waals surface area (Å²) in [7, 11) is 0. The van der Waals surface area contributed by atoms with Crippen molar-refractivity contribution < 1.29 is 0 Å². The summed E-state index contributed by atoms with van der Waals surface area (Å²) < 4.78 is 0. The molecule has 2 aromatic carbocycles. The monoisotopic (exact) mass is 202 g/mol. The molecule has 0 unspecified atom stereocenters. The standard InChI is InChI=1S/C13H4N3/c14-6-9-1-2-10-4-12(7-15)13(8-16)5-11(10)3-9/h1-3,5H. The predicted octanol–water partition coefficient (Wildman–Crippen LogP) is 2.26. The van der Waals surface area contributed by atoms with E-state index in [0.29, 0.717) is 5.56 Å². The summed E-state index contributed by atoms with van der Waals surface area (Å²) in [6.07, 6.45) is 0. The Bertz CT molecular complexity index is 694. The van der Waals surface area contributed by atoms with Crippen molar-refractivity contribution in [2.24, 2.45) is 0 Å². The summed E-state index contributed by atoms with van der Waals surface area (Å²) in [5.41, 5.74) is 1.04. The van der Waals surface area contributed by atoms with Crippen molar-refractivity contribution in [3.63, 3.8) is 0 Å². The van der Waals surface area contributed by atoms with Gasteiger partial charge in [0.05, 0.1) is 22.8 Å². The van der Waals surface area contributed by atoms with Gasteiger partial charge < -0.3 is 0 Å². The normalized spacial score (nSPS) is 9.06. The maximum absolute atomic E-state index is 8.85. The Morgan fingerprint density at radius 1 is 0.938 bits per heavy atom. The summed E-state index contributed by atoms with van der Waals surface area (Å²) in [4.78, 5) is 0. The minimum Gasteiger partial charge on any atom is -0.192 e. The van der Waals surface area contributed by atoms with Gasteiger partial charge in [-0.25, -0.2) is 0 Å². The minimum atomic E-state index is 0.236. The molecule has 0 atom stereocenters. The van der Waals surface area contributed by atoms with E-state index in [0.717, 1.165) is 10.8 Å². The number of nitriles is 3. The fourth-order valence-electron chi connectivity index (χ4n) is 1.47. The Hall–Kier alpha value is -2.83. The molecule has 16 heavy (non-hydrogen) atoms. The third kappa shape index (κ3) is 1.46. The van der Waals surface area contributed by atoms with Crippen LogP contribution in [0.3, 0.4) is 0 Å². The third-order valence-corrected chi connectivity index (χ3v) is 2.24. The quantitative estimate of drug-likeness (QED) is 0.657. The predicted molar refractivity (Wildman–Crippen MR) is 56.9 cm³/mol. The molecule has 1 radical (unpaired) electrons. The van der Waals surface area contributed by atoms with Gasteiger partial charge in [0, 0.05) is 6.07 Å². The van der Waals surface area contributed by atoms with Gasteiger partial charge in [0.2, 0.25) is 0 Å². The molecular formula is C13H4N3. The number of rotatable bonds is 0. The highest BCUT2D eigenvalue weighted by Crippen LogP contribution is 2.20. The Morgan fingerprint density at radius 3 is 2.38 bits per heavy atom. The lowest BCUT2D eigenvalue weighted by Gasteiger charge is -2.00. The van der Waals surface area contributed by atoms with Gasteiger partial charge in [0.1, 0.15) is 12.1 Å². The number of nitrogens with zero attached hydrogens (tertiary/aromatic N) is 3. The molecular weight excluding hydrogens is 198 g/mol. The van der Waals surface area contributed by atoms with Gasteiger partial charge >= 0.3 is 0 Å². The van der Waals surface area contributed by atoms with Gasteiger partial charge in [-0.1, -0.05) is 6.07 Å². The summed E-state index contributed by atoms with van der Waals surface area (Å²) >= 11 is 0. The van der Waals surface area contributed by atoms with E-state index in [1.807, 2.05) is 18.2 Å². The average molecular weight is 202 g/mol. The molecule has 0 saturated carbocycles. The molecule has 0 aliphatic carbocycles. The lowest BCUT2D eigenvalue weighted by Crippen LogP contribution is -1.86. The Kier molecular flexibility index (Phi) is 2.27. The molecule has 0 spiro atoms. The second kappa shape index (κ2) is 3.73. The summed E-state index contributed by atoms with van der Waals surface area (Å²) in [6.45, 7) is 0. The largest absolute Gasteiger partial charge is 0.192 e. The van der Waals surface area contributed by atoms with E-state index in [9.17, 15) is 0 Å². The van der Waals surface area contributed by atoms with Gasteiger partial charge in [-0.05, 0) is 29.0 Å². The highest BCUT2D eigenvalue weighted by atomic mass is 14.3. The number of fused-ring (bicyclic) bond motifs is 1. The number of hydrogen-bond acceptors (Lipinski definition) is 3. The first-order valence-electron chi connectivity index (χ1n) is 4.49. The minimum absolute atomic E-state index is 0.236. The first-order valence-corrected chi connectivity index (χ1v) is 4.49. The highest BCUT2D eigenvalue weighted by Gasteiger charge is 2.05. The maximum Gasteiger partial charge on any atom is 0.101 e. The zero-order valence-corrected chi connectivity index (χ0v) is 8.15. The van der Waals surface area contributed by atoms with Crippen LogP contribution in [0.25, 0.3) is 10.8 Å². The fourth-order valence-corrected chi connectivity index (χ4v) is 1.47. The molecule has 71 valence electrons. The van der Waals surface area contributed by atoms with Crippen molar-refractivity contribution in [2.75, 3.05) is 0 Å². The second-order valence-corrected chi connectivity index (χ2v) is 3.20. The molecule has 0 aromatic heterocycles. The van der Waals surface area contributed by atoms with E-state index >= 15 is 0 Å². The van der Waals surface area contributed by atoms with Crippen LogP contribution in [0.1, 0.15) is 16.7 Å². The Balaban J connectivity index is 2.82. The molecule has 0 heterocycles. The molecule has 0 amide bonds. The number of hydrogen-bond donors (Lipinski definition) is 0. The van der Waals surface area contributed by atoms with Gasteiger partial charge in [-0.3, -0.25) is 0 Å². The van der Waals surface area contributed by atoms with Gasteiger partial charge in [-0.15, -0.1) is 0 Å². The van der Waals surface area contributed by atoms with Crippen LogP contribution >= 0.6 is 0 Å². The molecule has 0 bridgehead atoms. The average Bonchev–Trinajstić information content (AvgIpc) is 2.36. The lowest BCUT2D eigenvalue weighted by molar-refractivity contribution is 1.44. The zero-order chi connectivity index (χ0) is 11.5. The van der Waals surface area contributed by atoms with Gasteiger partial charge in [-0.2, -0.15) is 15.8 Å². The van der Waals surface area contributed by atoms with Crippen molar-refractivity contribution in [1.82, 2.24) is 0 Å². The Labute approximate surface area is 92.4 Å². The van der Waals surface area contributed by atoms with E-state index < -0.39 is 0 Å². The molecule has 0 fully saturated rings. The molecule has 2 rings (SSSR count). The molecule has 3 nitrogen and oxygen atoms in total. The van der Waals surface area contributed by atoms with Crippen LogP contribution in [0.5, 0.6) is 0 Å². The van der Waals surface area contributed by atoms with Crippen LogP contribution < -0.4 is 0 Å². The van der Waals surface area contributed by atoms with Crippen LogP contribution in [-0.4, -0.2) is 0 Å². The smallest absolute Gasteiger partial charge is 0.101 e. The van der Waals surface area contributed by atoms with E-state index in [2.05, 4.69) is 6.07 Å². The molecule has 0 aliphatic rings. The topological polar surface area (TPSA) is 71.4 Å². The van der Waals surface area contributed by atoms with Gasteiger partial charge in [0.15, 0.2) is 0 Å². The fraction of sp³-hybridized carbons (Fsp3) is 0. The van der Waals surface area contributed by atoms with Gasteiger partial charge in [0.25, 0.3) is 0 Å². The van der Waals surface area contributed by atoms with Crippen molar-refractivity contribution in [1.29, 1.82) is 15.8 Å². The van der Waals surface area contributed by atoms with E-state index in [1.165, 1.54) is 0 Å². The summed E-state index contributed by atoms with van der Waals surface area (Å²) in [5.74, 6) is 0. The number of benzene rings is 2. The van der Waals surface area contributed by atoms with E-state index in [-0.39, 0.29) is 11.1 Å². The SMILES string of the molecule is N#Cc1ccc2[c]c(C#N)c(C#N)cc2c1. The molecule has 0 aliphatic heterocycles. The molecule has 0 N–H and O–H groups in total.